The van der Waals surface area contributed by atoms with E-state index >= 15 is 0 Å². The van der Waals surface area contributed by atoms with Gasteiger partial charge in [-0.2, -0.15) is 0 Å². The van der Waals surface area contributed by atoms with E-state index in [4.69, 9.17) is 4.74 Å². The van der Waals surface area contributed by atoms with Gasteiger partial charge in [-0.25, -0.2) is 8.42 Å². The molecule has 0 radical (unpaired) electrons. The maximum atomic E-state index is 12.7. The first-order valence-corrected chi connectivity index (χ1v) is 14.2. The highest BCUT2D eigenvalue weighted by molar-refractivity contribution is 7.91. The summed E-state index contributed by atoms with van der Waals surface area (Å²) in [5, 5.41) is 8.73. The van der Waals surface area contributed by atoms with Crippen LogP contribution >= 0.6 is 0 Å². The molecule has 7 heteroatoms. The van der Waals surface area contributed by atoms with E-state index in [1.165, 1.54) is 24.0 Å². The van der Waals surface area contributed by atoms with Crippen molar-refractivity contribution < 1.29 is 17.9 Å². The molecule has 3 aromatic carbocycles. The predicted molar refractivity (Wildman–Crippen MR) is 140 cm³/mol. The molecule has 6 nitrogen and oxygen atoms in total. The van der Waals surface area contributed by atoms with Gasteiger partial charge in [0.2, 0.25) is 0 Å². The van der Waals surface area contributed by atoms with Gasteiger partial charge in [0, 0.05) is 23.8 Å². The van der Waals surface area contributed by atoms with Crippen molar-refractivity contribution in [1.29, 1.82) is 0 Å². The average Bonchev–Trinajstić information content (AvgIpc) is 3.68. The Bertz CT molecular complexity index is 1320. The van der Waals surface area contributed by atoms with Crippen molar-refractivity contribution in [3.05, 3.63) is 71.3 Å². The highest BCUT2D eigenvalue weighted by atomic mass is 32.2. The largest absolute Gasteiger partial charge is 0.493 e. The Morgan fingerprint density at radius 2 is 1.71 bits per heavy atom. The number of ether oxygens (including phenoxy) is 1. The Labute approximate surface area is 207 Å². The molecule has 0 unspecified atom stereocenters. The van der Waals surface area contributed by atoms with Crippen molar-refractivity contribution in [2.24, 2.45) is 5.92 Å². The molecule has 1 saturated heterocycles. The molecule has 1 saturated carbocycles. The number of fused-ring (bicyclic) bond motifs is 1. The number of hydrogen-bond acceptors (Lipinski definition) is 5. The SMILES string of the molecule is Cc1c(CNC2CCS(=O)(=O)CC2)ccc2cc(NC(=O)c3ccc(OCC4CC4)cc3)ccc12. The highest BCUT2D eigenvalue weighted by Gasteiger charge is 2.23. The number of sulfone groups is 1. The molecule has 0 atom stereocenters. The molecule has 5 rings (SSSR count). The van der Waals surface area contributed by atoms with E-state index in [0.717, 1.165) is 28.8 Å². The summed E-state index contributed by atoms with van der Waals surface area (Å²) in [7, 11) is -2.85. The van der Waals surface area contributed by atoms with Gasteiger partial charge in [-0.05, 0) is 96.8 Å². The minimum atomic E-state index is -2.85. The number of aryl methyl sites for hydroxylation is 1. The van der Waals surface area contributed by atoms with Gasteiger partial charge in [0.1, 0.15) is 15.6 Å². The zero-order valence-corrected chi connectivity index (χ0v) is 20.9. The molecule has 184 valence electrons. The fourth-order valence-electron chi connectivity index (χ4n) is 4.55. The minimum absolute atomic E-state index is 0.148. The van der Waals surface area contributed by atoms with Gasteiger partial charge >= 0.3 is 0 Å². The molecule has 1 amide bonds. The van der Waals surface area contributed by atoms with Crippen LogP contribution in [-0.2, 0) is 16.4 Å². The van der Waals surface area contributed by atoms with Crippen molar-refractivity contribution in [3.8, 4) is 5.75 Å². The molecular formula is C28H32N2O4S. The topological polar surface area (TPSA) is 84.5 Å². The normalized spacial score (nSPS) is 17.9. The fraction of sp³-hybridized carbons (Fsp3) is 0.393. The van der Waals surface area contributed by atoms with E-state index in [1.807, 2.05) is 30.3 Å². The van der Waals surface area contributed by atoms with E-state index < -0.39 is 9.84 Å². The van der Waals surface area contributed by atoms with Crippen LogP contribution in [0.25, 0.3) is 10.8 Å². The lowest BCUT2D eigenvalue weighted by Gasteiger charge is -2.23. The second-order valence-electron chi connectivity index (χ2n) is 9.83. The smallest absolute Gasteiger partial charge is 0.255 e. The van der Waals surface area contributed by atoms with Gasteiger partial charge in [0.15, 0.2) is 0 Å². The summed E-state index contributed by atoms with van der Waals surface area (Å²) >= 11 is 0. The van der Waals surface area contributed by atoms with Crippen molar-refractivity contribution in [1.82, 2.24) is 5.32 Å². The molecule has 1 aliphatic heterocycles. The number of nitrogens with one attached hydrogen (secondary N) is 2. The Morgan fingerprint density at radius 1 is 0.971 bits per heavy atom. The second-order valence-corrected chi connectivity index (χ2v) is 12.1. The Kier molecular flexibility index (Phi) is 6.80. The third kappa shape index (κ3) is 6.03. The van der Waals surface area contributed by atoms with Crippen LogP contribution in [0.15, 0.2) is 54.6 Å². The van der Waals surface area contributed by atoms with E-state index in [1.54, 1.807) is 12.1 Å². The summed E-state index contributed by atoms with van der Waals surface area (Å²) in [4.78, 5) is 12.7. The first-order chi connectivity index (χ1) is 16.9. The van der Waals surface area contributed by atoms with Crippen molar-refractivity contribution >= 4 is 32.2 Å². The summed E-state index contributed by atoms with van der Waals surface area (Å²) in [5.41, 5.74) is 3.74. The maximum absolute atomic E-state index is 12.7. The predicted octanol–water partition coefficient (Wildman–Crippen LogP) is 4.86. The number of anilines is 1. The monoisotopic (exact) mass is 492 g/mol. The third-order valence-electron chi connectivity index (χ3n) is 7.09. The molecule has 0 bridgehead atoms. The van der Waals surface area contributed by atoms with Gasteiger partial charge in [-0.15, -0.1) is 0 Å². The third-order valence-corrected chi connectivity index (χ3v) is 8.81. The highest BCUT2D eigenvalue weighted by Crippen LogP contribution is 2.30. The lowest BCUT2D eigenvalue weighted by molar-refractivity contribution is 0.102. The Morgan fingerprint density at radius 3 is 2.43 bits per heavy atom. The van der Waals surface area contributed by atoms with Crippen LogP contribution in [0.5, 0.6) is 5.75 Å². The van der Waals surface area contributed by atoms with Crippen LogP contribution in [0, 0.1) is 12.8 Å². The molecule has 2 fully saturated rings. The van der Waals surface area contributed by atoms with E-state index in [9.17, 15) is 13.2 Å². The quantitative estimate of drug-likeness (QED) is 0.469. The summed E-state index contributed by atoms with van der Waals surface area (Å²) in [6, 6.07) is 17.7. The van der Waals surface area contributed by atoms with Crippen LogP contribution in [-0.4, -0.2) is 38.5 Å². The zero-order chi connectivity index (χ0) is 24.4. The summed E-state index contributed by atoms with van der Waals surface area (Å²) in [6.45, 7) is 3.58. The second kappa shape index (κ2) is 9.99. The first-order valence-electron chi connectivity index (χ1n) is 12.4. The van der Waals surface area contributed by atoms with E-state index in [-0.39, 0.29) is 23.5 Å². The molecule has 1 aliphatic carbocycles. The maximum Gasteiger partial charge on any atom is 0.255 e. The Balaban J connectivity index is 1.21. The van der Waals surface area contributed by atoms with Crippen molar-refractivity contribution in [2.45, 2.75) is 45.2 Å². The number of carbonyl (C=O) groups excluding carboxylic acids is 1. The molecule has 3 aromatic rings. The van der Waals surface area contributed by atoms with Crippen LogP contribution in [0.4, 0.5) is 5.69 Å². The van der Waals surface area contributed by atoms with Gasteiger partial charge in [0.25, 0.3) is 5.91 Å². The van der Waals surface area contributed by atoms with Gasteiger partial charge in [0.05, 0.1) is 18.1 Å². The molecule has 0 spiro atoms. The molecule has 0 aromatic heterocycles. The van der Waals surface area contributed by atoms with E-state index in [0.29, 0.717) is 30.9 Å². The van der Waals surface area contributed by atoms with Crippen LogP contribution in [0.3, 0.4) is 0 Å². The van der Waals surface area contributed by atoms with Gasteiger partial charge in [-0.1, -0.05) is 18.2 Å². The zero-order valence-electron chi connectivity index (χ0n) is 20.0. The average molecular weight is 493 g/mol. The fourth-order valence-corrected chi connectivity index (χ4v) is 6.04. The van der Waals surface area contributed by atoms with Gasteiger partial charge in [-0.3, -0.25) is 4.79 Å². The summed E-state index contributed by atoms with van der Waals surface area (Å²) in [5.74, 6) is 1.89. The minimum Gasteiger partial charge on any atom is -0.493 e. The Hall–Kier alpha value is -2.90. The number of carbonyl (C=O) groups is 1. The number of benzene rings is 3. The van der Waals surface area contributed by atoms with E-state index in [2.05, 4.69) is 29.7 Å². The molecule has 2 aliphatic rings. The van der Waals surface area contributed by atoms with Gasteiger partial charge < -0.3 is 15.4 Å². The van der Waals surface area contributed by atoms with Crippen LogP contribution in [0.1, 0.15) is 47.2 Å². The number of rotatable bonds is 8. The van der Waals surface area contributed by atoms with Crippen LogP contribution < -0.4 is 15.4 Å². The van der Waals surface area contributed by atoms with Crippen LogP contribution in [0.2, 0.25) is 0 Å². The van der Waals surface area contributed by atoms with Crippen molar-refractivity contribution in [3.63, 3.8) is 0 Å². The molecule has 2 N–H and O–H groups in total. The lowest BCUT2D eigenvalue weighted by atomic mass is 9.99. The lowest BCUT2D eigenvalue weighted by Crippen LogP contribution is -2.37. The molecule has 1 heterocycles. The molecular weight excluding hydrogens is 460 g/mol. The first kappa shape index (κ1) is 23.8. The number of hydrogen-bond donors (Lipinski definition) is 2. The summed E-state index contributed by atoms with van der Waals surface area (Å²) in [6.07, 6.45) is 3.85. The standard InChI is InChI=1S/C28H32N2O4S/c1-19-23(17-29-24-12-14-35(32,33)15-13-24)5-4-22-16-25(8-11-27(19)22)30-28(31)21-6-9-26(10-7-21)34-18-20-2-3-20/h4-11,16,20,24,29H,2-3,12-15,17-18H2,1H3,(H,30,31). The summed E-state index contributed by atoms with van der Waals surface area (Å²) < 4.78 is 29.0. The van der Waals surface area contributed by atoms with Crippen molar-refractivity contribution in [2.75, 3.05) is 23.4 Å². The molecule has 35 heavy (non-hydrogen) atoms. The number of amides is 1.